The first-order chi connectivity index (χ1) is 12.0. The van der Waals surface area contributed by atoms with Crippen LogP contribution in [0.25, 0.3) is 11.0 Å². The quantitative estimate of drug-likeness (QED) is 0.633. The lowest BCUT2D eigenvalue weighted by atomic mass is 10.0. The number of aliphatic carboxylic acids is 1. The summed E-state index contributed by atoms with van der Waals surface area (Å²) in [6, 6.07) is 7.94. The summed E-state index contributed by atoms with van der Waals surface area (Å²) in [7, 11) is 0. The van der Waals surface area contributed by atoms with Crippen molar-refractivity contribution in [1.29, 1.82) is 0 Å². The summed E-state index contributed by atoms with van der Waals surface area (Å²) in [6.07, 6.45) is 2.05. The predicted octanol–water partition coefficient (Wildman–Crippen LogP) is 3.61. The zero-order chi connectivity index (χ0) is 18.0. The molecule has 0 aliphatic rings. The molecular formula is C19H18O6. The molecule has 0 fully saturated rings. The molecule has 130 valence electrons. The maximum absolute atomic E-state index is 10.9. The Morgan fingerprint density at radius 2 is 1.92 bits per heavy atom. The number of aryl methyl sites for hydroxylation is 1. The number of carboxylic acid groups (broad SMARTS) is 1. The lowest BCUT2D eigenvalue weighted by Gasteiger charge is -2.12. The number of phenolic OH excluding ortho intramolecular Hbond substituents is 2. The topological polar surface area (TPSA) is 100 Å². The highest BCUT2D eigenvalue weighted by atomic mass is 16.5. The van der Waals surface area contributed by atoms with Crippen molar-refractivity contribution in [3.63, 3.8) is 0 Å². The first-order valence-corrected chi connectivity index (χ1v) is 7.86. The highest BCUT2D eigenvalue weighted by Gasteiger charge is 2.14. The fourth-order valence-corrected chi connectivity index (χ4v) is 2.69. The number of aromatic hydroxyl groups is 2. The van der Waals surface area contributed by atoms with Crippen LogP contribution in [-0.4, -0.2) is 21.3 Å². The van der Waals surface area contributed by atoms with Crippen LogP contribution in [0.5, 0.6) is 17.2 Å². The maximum Gasteiger partial charge on any atom is 0.307 e. The number of rotatable bonds is 6. The minimum absolute atomic E-state index is 0.0153. The summed E-state index contributed by atoms with van der Waals surface area (Å²) in [6.45, 7) is 2.11. The van der Waals surface area contributed by atoms with Gasteiger partial charge in [0.05, 0.1) is 12.7 Å². The van der Waals surface area contributed by atoms with Gasteiger partial charge >= 0.3 is 5.97 Å². The number of carboxylic acids is 1. The van der Waals surface area contributed by atoms with Gasteiger partial charge in [0, 0.05) is 28.6 Å². The highest BCUT2D eigenvalue weighted by molar-refractivity contribution is 5.87. The molecular weight excluding hydrogens is 324 g/mol. The number of hydrogen-bond acceptors (Lipinski definition) is 5. The van der Waals surface area contributed by atoms with Crippen LogP contribution in [0.3, 0.4) is 0 Å². The van der Waals surface area contributed by atoms with Crippen LogP contribution in [-0.2, 0) is 24.2 Å². The lowest BCUT2D eigenvalue weighted by Crippen LogP contribution is -2.00. The first-order valence-electron chi connectivity index (χ1n) is 7.86. The van der Waals surface area contributed by atoms with E-state index >= 15 is 0 Å². The summed E-state index contributed by atoms with van der Waals surface area (Å²) in [5.74, 6) is -0.359. The van der Waals surface area contributed by atoms with E-state index in [2.05, 4.69) is 0 Å². The normalized spacial score (nSPS) is 10.9. The Hall–Kier alpha value is -3.15. The molecule has 3 N–H and O–H groups in total. The molecule has 6 heteroatoms. The van der Waals surface area contributed by atoms with E-state index in [0.717, 1.165) is 10.9 Å². The standard InChI is InChI=1S/C19H18O6/c1-2-11-5-15-13(6-19(22)23)10-25-18(15)8-17(11)24-9-12-3-4-14(20)7-16(12)21/h3-5,7-8,10,20-21H,2,6,9H2,1H3,(H,22,23). The molecule has 3 rings (SSSR count). The van der Waals surface area contributed by atoms with Gasteiger partial charge in [0.25, 0.3) is 0 Å². The molecule has 0 aliphatic carbocycles. The van der Waals surface area contributed by atoms with Gasteiger partial charge in [-0.2, -0.15) is 0 Å². The van der Waals surface area contributed by atoms with Crippen molar-refractivity contribution in [1.82, 2.24) is 0 Å². The number of phenols is 2. The molecule has 1 heterocycles. The van der Waals surface area contributed by atoms with Crippen molar-refractivity contribution in [2.75, 3.05) is 0 Å². The van der Waals surface area contributed by atoms with Crippen molar-refractivity contribution in [2.45, 2.75) is 26.4 Å². The summed E-state index contributed by atoms with van der Waals surface area (Å²) >= 11 is 0. The van der Waals surface area contributed by atoms with Gasteiger partial charge in [0.1, 0.15) is 29.4 Å². The Bertz CT molecular complexity index is 925. The Kier molecular flexibility index (Phi) is 4.52. The Balaban J connectivity index is 1.89. The zero-order valence-corrected chi connectivity index (χ0v) is 13.7. The maximum atomic E-state index is 10.9. The van der Waals surface area contributed by atoms with Gasteiger partial charge in [-0.1, -0.05) is 6.92 Å². The van der Waals surface area contributed by atoms with Gasteiger partial charge in [-0.05, 0) is 30.2 Å². The van der Waals surface area contributed by atoms with Crippen molar-refractivity contribution in [2.24, 2.45) is 0 Å². The monoisotopic (exact) mass is 342 g/mol. The second-order valence-corrected chi connectivity index (χ2v) is 5.74. The fraction of sp³-hybridized carbons (Fsp3) is 0.211. The minimum Gasteiger partial charge on any atom is -0.508 e. The largest absolute Gasteiger partial charge is 0.508 e. The molecule has 0 amide bonds. The highest BCUT2D eigenvalue weighted by Crippen LogP contribution is 2.32. The molecule has 1 aromatic heterocycles. The fourth-order valence-electron chi connectivity index (χ4n) is 2.69. The third-order valence-corrected chi connectivity index (χ3v) is 4.01. The van der Waals surface area contributed by atoms with Gasteiger partial charge in [0.2, 0.25) is 0 Å². The van der Waals surface area contributed by atoms with E-state index in [0.29, 0.717) is 28.9 Å². The van der Waals surface area contributed by atoms with Crippen LogP contribution >= 0.6 is 0 Å². The van der Waals surface area contributed by atoms with Crippen molar-refractivity contribution in [3.05, 3.63) is 53.3 Å². The lowest BCUT2D eigenvalue weighted by molar-refractivity contribution is -0.136. The SMILES string of the molecule is CCc1cc2c(CC(=O)O)coc2cc1OCc1ccc(O)cc1O. The van der Waals surface area contributed by atoms with E-state index in [-0.39, 0.29) is 24.5 Å². The molecule has 2 aromatic carbocycles. The number of fused-ring (bicyclic) bond motifs is 1. The van der Waals surface area contributed by atoms with Crippen LogP contribution in [0.2, 0.25) is 0 Å². The third kappa shape index (κ3) is 3.52. The summed E-state index contributed by atoms with van der Waals surface area (Å²) < 4.78 is 11.3. The van der Waals surface area contributed by atoms with E-state index in [4.69, 9.17) is 14.3 Å². The molecule has 3 aromatic rings. The number of benzene rings is 2. The van der Waals surface area contributed by atoms with Crippen molar-refractivity contribution >= 4 is 16.9 Å². The Morgan fingerprint density at radius 3 is 2.60 bits per heavy atom. The zero-order valence-electron chi connectivity index (χ0n) is 13.7. The van der Waals surface area contributed by atoms with Crippen molar-refractivity contribution in [3.8, 4) is 17.2 Å². The van der Waals surface area contributed by atoms with E-state index in [1.807, 2.05) is 13.0 Å². The molecule has 0 atom stereocenters. The number of hydrogen-bond donors (Lipinski definition) is 3. The van der Waals surface area contributed by atoms with Gasteiger partial charge in [0.15, 0.2) is 0 Å². The van der Waals surface area contributed by atoms with Crippen LogP contribution in [0.4, 0.5) is 0 Å². The molecule has 0 unspecified atom stereocenters. The van der Waals surface area contributed by atoms with E-state index in [1.165, 1.54) is 18.4 Å². The molecule has 0 saturated heterocycles. The van der Waals surface area contributed by atoms with Gasteiger partial charge < -0.3 is 24.5 Å². The van der Waals surface area contributed by atoms with E-state index < -0.39 is 5.97 Å². The van der Waals surface area contributed by atoms with E-state index in [1.54, 1.807) is 12.1 Å². The number of furan rings is 1. The van der Waals surface area contributed by atoms with Crippen LogP contribution in [0, 0.1) is 0 Å². The first kappa shape index (κ1) is 16.7. The van der Waals surface area contributed by atoms with Crippen molar-refractivity contribution < 1.29 is 29.3 Å². The summed E-state index contributed by atoms with van der Waals surface area (Å²) in [4.78, 5) is 10.9. The Labute approximate surface area is 143 Å². The third-order valence-electron chi connectivity index (χ3n) is 4.01. The number of carbonyl (C=O) groups is 1. The average molecular weight is 342 g/mol. The van der Waals surface area contributed by atoms with Gasteiger partial charge in [-0.25, -0.2) is 0 Å². The van der Waals surface area contributed by atoms with Crippen LogP contribution in [0.15, 0.2) is 41.0 Å². The average Bonchev–Trinajstić information content (AvgIpc) is 2.94. The molecule has 0 aliphatic heterocycles. The van der Waals surface area contributed by atoms with Gasteiger partial charge in [-0.3, -0.25) is 4.79 Å². The molecule has 0 spiro atoms. The smallest absolute Gasteiger partial charge is 0.307 e. The molecule has 0 saturated carbocycles. The molecule has 6 nitrogen and oxygen atoms in total. The molecule has 0 bridgehead atoms. The summed E-state index contributed by atoms with van der Waals surface area (Å²) in [5.41, 5.74) is 2.64. The molecule has 0 radical (unpaired) electrons. The second-order valence-electron chi connectivity index (χ2n) is 5.74. The van der Waals surface area contributed by atoms with Crippen LogP contribution < -0.4 is 4.74 Å². The number of ether oxygens (including phenoxy) is 1. The van der Waals surface area contributed by atoms with Gasteiger partial charge in [-0.15, -0.1) is 0 Å². The predicted molar refractivity (Wildman–Crippen MR) is 91.0 cm³/mol. The second kappa shape index (κ2) is 6.76. The molecule has 25 heavy (non-hydrogen) atoms. The Morgan fingerprint density at radius 1 is 1.12 bits per heavy atom. The summed E-state index contributed by atoms with van der Waals surface area (Å²) in [5, 5.41) is 28.9. The van der Waals surface area contributed by atoms with E-state index in [9.17, 15) is 15.0 Å². The van der Waals surface area contributed by atoms with Crippen LogP contribution in [0.1, 0.15) is 23.6 Å². The minimum atomic E-state index is -0.913.